The molecule has 21 heavy (non-hydrogen) atoms. The van der Waals surface area contributed by atoms with E-state index in [1.165, 1.54) is 0 Å². The Morgan fingerprint density at radius 1 is 1.48 bits per heavy atom. The number of aromatic nitrogens is 1. The van der Waals surface area contributed by atoms with Crippen molar-refractivity contribution in [1.82, 2.24) is 14.8 Å². The second kappa shape index (κ2) is 7.21. The van der Waals surface area contributed by atoms with E-state index in [1.807, 2.05) is 4.90 Å². The zero-order chi connectivity index (χ0) is 15.2. The van der Waals surface area contributed by atoms with E-state index in [1.54, 1.807) is 18.5 Å². The first-order chi connectivity index (χ1) is 10.1. The first-order valence-electron chi connectivity index (χ1n) is 7.25. The zero-order valence-corrected chi connectivity index (χ0v) is 12.7. The molecule has 2 heterocycles. The summed E-state index contributed by atoms with van der Waals surface area (Å²) >= 11 is 0. The Morgan fingerprint density at radius 2 is 2.29 bits per heavy atom. The summed E-state index contributed by atoms with van der Waals surface area (Å²) in [6.45, 7) is 5.09. The maximum absolute atomic E-state index is 12.7. The third kappa shape index (κ3) is 4.03. The molecule has 0 bridgehead atoms. The van der Waals surface area contributed by atoms with E-state index >= 15 is 0 Å². The molecule has 0 aromatic carbocycles. The molecule has 0 saturated carbocycles. The number of hydrogen-bond acceptors (Lipinski definition) is 4. The molecule has 1 saturated heterocycles. The van der Waals surface area contributed by atoms with Crippen molar-refractivity contribution in [2.24, 2.45) is 5.73 Å². The van der Waals surface area contributed by atoms with E-state index in [4.69, 9.17) is 5.73 Å². The van der Waals surface area contributed by atoms with Crippen LogP contribution < -0.4 is 5.73 Å². The van der Waals surface area contributed by atoms with Crippen LogP contribution in [0.1, 0.15) is 29.3 Å². The molecule has 112 valence electrons. The topological polar surface area (TPSA) is 62.5 Å². The number of nitrogens with two attached hydrogens (primary N) is 1. The Bertz CT molecular complexity index is 561. The Morgan fingerprint density at radius 3 is 3.05 bits per heavy atom. The van der Waals surface area contributed by atoms with Crippen LogP contribution in [-0.2, 0) is 0 Å². The fourth-order valence-corrected chi connectivity index (χ4v) is 2.62. The number of hydrogen-bond donors (Lipinski definition) is 1. The number of carbonyl (C=O) groups is 1. The van der Waals surface area contributed by atoms with Gasteiger partial charge in [-0.2, -0.15) is 0 Å². The van der Waals surface area contributed by atoms with Gasteiger partial charge >= 0.3 is 0 Å². The summed E-state index contributed by atoms with van der Waals surface area (Å²) in [6, 6.07) is 1.99. The van der Waals surface area contributed by atoms with Gasteiger partial charge < -0.3 is 15.5 Å². The molecule has 1 aliphatic rings. The van der Waals surface area contributed by atoms with Crippen LogP contribution >= 0.6 is 0 Å². The van der Waals surface area contributed by atoms with Crippen molar-refractivity contribution in [1.29, 1.82) is 0 Å². The van der Waals surface area contributed by atoms with E-state index in [9.17, 15) is 4.79 Å². The highest BCUT2D eigenvalue weighted by atomic mass is 16.2. The van der Waals surface area contributed by atoms with Crippen molar-refractivity contribution in [3.8, 4) is 11.8 Å². The van der Waals surface area contributed by atoms with E-state index in [2.05, 4.69) is 35.7 Å². The van der Waals surface area contributed by atoms with E-state index in [-0.39, 0.29) is 11.9 Å². The molecule has 2 N–H and O–H groups in total. The standard InChI is InChI=1S/C16H22N4O/c1-13-12-19(2)7-4-8-20(13)16(21)15-9-14(5-3-6-17)10-18-11-15/h9-11,13H,4,6-8,12,17H2,1-2H3. The zero-order valence-electron chi connectivity index (χ0n) is 12.7. The van der Waals surface area contributed by atoms with Gasteiger partial charge in [-0.3, -0.25) is 9.78 Å². The molecule has 0 radical (unpaired) electrons. The van der Waals surface area contributed by atoms with Crippen molar-refractivity contribution >= 4 is 5.91 Å². The molecule has 1 fully saturated rings. The maximum atomic E-state index is 12.7. The van der Waals surface area contributed by atoms with Crippen molar-refractivity contribution < 1.29 is 4.79 Å². The first-order valence-corrected chi connectivity index (χ1v) is 7.25. The average molecular weight is 286 g/mol. The largest absolute Gasteiger partial charge is 0.335 e. The van der Waals surface area contributed by atoms with Crippen molar-refractivity contribution in [2.45, 2.75) is 19.4 Å². The van der Waals surface area contributed by atoms with Crippen LogP contribution in [0.4, 0.5) is 0 Å². The van der Waals surface area contributed by atoms with Gasteiger partial charge in [-0.25, -0.2) is 0 Å². The maximum Gasteiger partial charge on any atom is 0.255 e. The Balaban J connectivity index is 2.18. The van der Waals surface area contributed by atoms with Gasteiger partial charge in [0.25, 0.3) is 5.91 Å². The van der Waals surface area contributed by atoms with E-state index in [0.717, 1.165) is 31.6 Å². The lowest BCUT2D eigenvalue weighted by molar-refractivity contribution is 0.0696. The Kier molecular flexibility index (Phi) is 5.32. The van der Waals surface area contributed by atoms with E-state index < -0.39 is 0 Å². The fraction of sp³-hybridized carbons (Fsp3) is 0.500. The first kappa shape index (κ1) is 15.5. The highest BCUT2D eigenvalue weighted by Gasteiger charge is 2.25. The van der Waals surface area contributed by atoms with Crippen LogP contribution in [0.2, 0.25) is 0 Å². The molecule has 1 aromatic rings. The van der Waals surface area contributed by atoms with Crippen LogP contribution in [-0.4, -0.2) is 60.0 Å². The highest BCUT2D eigenvalue weighted by molar-refractivity contribution is 5.94. The highest BCUT2D eigenvalue weighted by Crippen LogP contribution is 2.13. The van der Waals surface area contributed by atoms with E-state index in [0.29, 0.717) is 12.1 Å². The van der Waals surface area contributed by atoms with Crippen LogP contribution in [0.3, 0.4) is 0 Å². The molecule has 1 aromatic heterocycles. The third-order valence-electron chi connectivity index (χ3n) is 3.63. The predicted molar refractivity (Wildman–Crippen MR) is 82.8 cm³/mol. The summed E-state index contributed by atoms with van der Waals surface area (Å²) in [4.78, 5) is 21.0. The normalized spacial score (nSPS) is 19.6. The smallest absolute Gasteiger partial charge is 0.255 e. The summed E-state index contributed by atoms with van der Waals surface area (Å²) in [6.07, 6.45) is 4.25. The SMILES string of the molecule is CC1CN(C)CCCN1C(=O)c1cncc(C#CCN)c1. The summed E-state index contributed by atoms with van der Waals surface area (Å²) in [5.74, 6) is 5.73. The lowest BCUT2D eigenvalue weighted by Gasteiger charge is -2.28. The van der Waals surface area contributed by atoms with Crippen molar-refractivity contribution in [3.05, 3.63) is 29.6 Å². The Hall–Kier alpha value is -1.90. The molecule has 5 nitrogen and oxygen atoms in total. The number of amides is 1. The number of pyridine rings is 1. The van der Waals surface area contributed by atoms with Crippen LogP contribution in [0.15, 0.2) is 18.5 Å². The molecule has 2 rings (SSSR count). The monoisotopic (exact) mass is 286 g/mol. The van der Waals surface area contributed by atoms with Gasteiger partial charge in [0.15, 0.2) is 0 Å². The van der Waals surface area contributed by atoms with Gasteiger partial charge in [0.05, 0.1) is 12.1 Å². The number of rotatable bonds is 1. The molecule has 0 spiro atoms. The minimum absolute atomic E-state index is 0.0294. The number of nitrogens with zero attached hydrogens (tertiary/aromatic N) is 3. The molecule has 1 atom stereocenters. The summed E-state index contributed by atoms with van der Waals surface area (Å²) in [5, 5.41) is 0. The third-order valence-corrected chi connectivity index (χ3v) is 3.63. The molecule has 5 heteroatoms. The van der Waals surface area contributed by atoms with Crippen molar-refractivity contribution in [3.63, 3.8) is 0 Å². The van der Waals surface area contributed by atoms with Crippen LogP contribution in [0.5, 0.6) is 0 Å². The summed E-state index contributed by atoms with van der Waals surface area (Å²) in [5.41, 5.74) is 6.69. The lowest BCUT2D eigenvalue weighted by atomic mass is 10.1. The van der Waals surface area contributed by atoms with Crippen LogP contribution in [0, 0.1) is 11.8 Å². The summed E-state index contributed by atoms with van der Waals surface area (Å²) < 4.78 is 0. The second-order valence-electron chi connectivity index (χ2n) is 5.43. The lowest BCUT2D eigenvalue weighted by Crippen LogP contribution is -2.42. The molecule has 1 aliphatic heterocycles. The van der Waals surface area contributed by atoms with Gasteiger partial charge in [-0.05, 0) is 33.0 Å². The van der Waals surface area contributed by atoms with Crippen LogP contribution in [0.25, 0.3) is 0 Å². The minimum Gasteiger partial charge on any atom is -0.335 e. The molecule has 1 unspecified atom stereocenters. The fourth-order valence-electron chi connectivity index (χ4n) is 2.62. The van der Waals surface area contributed by atoms with Gasteiger partial charge in [0.1, 0.15) is 0 Å². The molecule has 1 amide bonds. The predicted octanol–water partition coefficient (Wildman–Crippen LogP) is 0.558. The second-order valence-corrected chi connectivity index (χ2v) is 5.43. The molecular weight excluding hydrogens is 264 g/mol. The summed E-state index contributed by atoms with van der Waals surface area (Å²) in [7, 11) is 2.09. The molecule has 0 aliphatic carbocycles. The van der Waals surface area contributed by atoms with Gasteiger partial charge in [-0.1, -0.05) is 11.8 Å². The number of carbonyl (C=O) groups excluding carboxylic acids is 1. The molecular formula is C16H22N4O. The quantitative estimate of drug-likeness (QED) is 0.766. The van der Waals surface area contributed by atoms with Gasteiger partial charge in [-0.15, -0.1) is 0 Å². The Labute approximate surface area is 126 Å². The average Bonchev–Trinajstić information content (AvgIpc) is 2.65. The number of likely N-dealkylation sites (N-methyl/N-ethyl adjacent to an activating group) is 1. The van der Waals surface area contributed by atoms with Gasteiger partial charge in [0, 0.05) is 37.1 Å². The van der Waals surface area contributed by atoms with Crippen molar-refractivity contribution in [2.75, 3.05) is 33.2 Å². The van der Waals surface area contributed by atoms with Gasteiger partial charge in [0.2, 0.25) is 0 Å². The minimum atomic E-state index is 0.0294.